The molecular formula is C18H20N6O3S. The van der Waals surface area contributed by atoms with Gasteiger partial charge in [0.25, 0.3) is 11.5 Å². The molecule has 0 saturated carbocycles. The molecule has 0 spiro atoms. The summed E-state index contributed by atoms with van der Waals surface area (Å²) in [4.78, 5) is 36.0. The summed E-state index contributed by atoms with van der Waals surface area (Å²) in [7, 11) is 0. The van der Waals surface area contributed by atoms with Crippen molar-refractivity contribution >= 4 is 17.2 Å². The number of hydrogen-bond donors (Lipinski definition) is 1. The lowest BCUT2D eigenvalue weighted by atomic mass is 10.2. The van der Waals surface area contributed by atoms with Crippen LogP contribution >= 0.6 is 11.3 Å². The quantitative estimate of drug-likeness (QED) is 0.689. The zero-order chi connectivity index (χ0) is 19.5. The van der Waals surface area contributed by atoms with Crippen molar-refractivity contribution in [2.45, 2.75) is 39.5 Å². The summed E-state index contributed by atoms with van der Waals surface area (Å²) in [5, 5.41) is 9.38. The van der Waals surface area contributed by atoms with Crippen molar-refractivity contribution in [3.8, 4) is 0 Å². The molecule has 0 bridgehead atoms. The van der Waals surface area contributed by atoms with Gasteiger partial charge in [-0.3, -0.25) is 19.1 Å². The maximum Gasteiger partial charge on any atom is 0.256 e. The Morgan fingerprint density at radius 1 is 1.39 bits per heavy atom. The summed E-state index contributed by atoms with van der Waals surface area (Å²) >= 11 is 1.62. The summed E-state index contributed by atoms with van der Waals surface area (Å²) in [6.45, 7) is 4.66. The van der Waals surface area contributed by atoms with Gasteiger partial charge in [0.1, 0.15) is 22.2 Å². The number of carbonyl (C=O) groups excluding carboxylic acids is 1. The first-order valence-corrected chi connectivity index (χ1v) is 9.88. The minimum absolute atomic E-state index is 0.0912. The molecule has 4 rings (SSSR count). The van der Waals surface area contributed by atoms with E-state index in [0.717, 1.165) is 24.5 Å². The molecule has 0 fully saturated rings. The van der Waals surface area contributed by atoms with Gasteiger partial charge in [-0.15, -0.1) is 11.3 Å². The van der Waals surface area contributed by atoms with Crippen LogP contribution < -0.4 is 10.9 Å². The highest BCUT2D eigenvalue weighted by atomic mass is 32.1. The van der Waals surface area contributed by atoms with Crippen molar-refractivity contribution in [1.82, 2.24) is 29.9 Å². The molecule has 3 aromatic heterocycles. The lowest BCUT2D eigenvalue weighted by Gasteiger charge is -2.18. The average Bonchev–Trinajstić information content (AvgIpc) is 3.28. The molecule has 1 N–H and O–H groups in total. The van der Waals surface area contributed by atoms with Gasteiger partial charge in [0, 0.05) is 30.7 Å². The first-order chi connectivity index (χ1) is 13.6. The molecule has 10 heteroatoms. The van der Waals surface area contributed by atoms with Gasteiger partial charge < -0.3 is 9.84 Å². The largest absolute Gasteiger partial charge is 0.361 e. The number of thiazole rings is 1. The van der Waals surface area contributed by atoms with Crippen LogP contribution in [0.25, 0.3) is 0 Å². The molecule has 0 radical (unpaired) electrons. The van der Waals surface area contributed by atoms with Gasteiger partial charge in [-0.2, -0.15) is 0 Å². The molecular weight excluding hydrogens is 380 g/mol. The van der Waals surface area contributed by atoms with Crippen molar-refractivity contribution in [3.63, 3.8) is 0 Å². The Bertz CT molecular complexity index is 1030. The minimum Gasteiger partial charge on any atom is -0.361 e. The third-order valence-electron chi connectivity index (χ3n) is 4.63. The van der Waals surface area contributed by atoms with Crippen LogP contribution in [-0.2, 0) is 26.2 Å². The fourth-order valence-electron chi connectivity index (χ4n) is 3.23. The Hall–Kier alpha value is -2.85. The average molecular weight is 400 g/mol. The van der Waals surface area contributed by atoms with Gasteiger partial charge in [-0.1, -0.05) is 5.16 Å². The van der Waals surface area contributed by atoms with Crippen molar-refractivity contribution in [1.29, 1.82) is 0 Å². The molecule has 0 unspecified atom stereocenters. The number of aryl methyl sites for hydroxylation is 1. The van der Waals surface area contributed by atoms with Crippen LogP contribution in [-0.4, -0.2) is 37.0 Å². The van der Waals surface area contributed by atoms with E-state index in [1.807, 2.05) is 5.38 Å². The van der Waals surface area contributed by atoms with Crippen LogP contribution in [0.15, 0.2) is 33.2 Å². The fraction of sp³-hybridized carbons (Fsp3) is 0.389. The Labute approximate surface area is 165 Å². The van der Waals surface area contributed by atoms with E-state index >= 15 is 0 Å². The van der Waals surface area contributed by atoms with Gasteiger partial charge in [-0.05, 0) is 13.3 Å². The second-order valence-corrected chi connectivity index (χ2v) is 7.60. The maximum absolute atomic E-state index is 12.5. The van der Waals surface area contributed by atoms with Crippen LogP contribution in [0.5, 0.6) is 0 Å². The van der Waals surface area contributed by atoms with E-state index < -0.39 is 0 Å². The first-order valence-electron chi connectivity index (χ1n) is 9.00. The van der Waals surface area contributed by atoms with Crippen LogP contribution in [0.3, 0.4) is 0 Å². The molecule has 146 valence electrons. The third-order valence-corrected chi connectivity index (χ3v) is 5.39. The summed E-state index contributed by atoms with van der Waals surface area (Å²) in [6.07, 6.45) is 4.05. The second kappa shape index (κ2) is 8.03. The number of nitrogens with one attached hydrogen (secondary N) is 1. The SMILES string of the molecule is Cc1oncc1C(=O)NCc1cc(=O)n2c(n1)CN(Cc1nccs1)CCC2. The van der Waals surface area contributed by atoms with Crippen LogP contribution in [0.2, 0.25) is 0 Å². The minimum atomic E-state index is -0.305. The van der Waals surface area contributed by atoms with Crippen molar-refractivity contribution in [2.24, 2.45) is 0 Å². The number of amides is 1. The highest BCUT2D eigenvalue weighted by Crippen LogP contribution is 2.14. The number of aromatic nitrogens is 4. The van der Waals surface area contributed by atoms with E-state index in [-0.39, 0.29) is 18.0 Å². The lowest BCUT2D eigenvalue weighted by Crippen LogP contribution is -2.30. The monoisotopic (exact) mass is 400 g/mol. The van der Waals surface area contributed by atoms with Gasteiger partial charge in [0.15, 0.2) is 0 Å². The first kappa shape index (κ1) is 18.5. The topological polar surface area (TPSA) is 106 Å². The van der Waals surface area contributed by atoms with E-state index in [0.29, 0.717) is 35.9 Å². The Morgan fingerprint density at radius 2 is 2.29 bits per heavy atom. The van der Waals surface area contributed by atoms with Gasteiger partial charge in [0.05, 0.1) is 31.5 Å². The Balaban J connectivity index is 1.49. The summed E-state index contributed by atoms with van der Waals surface area (Å²) in [5.41, 5.74) is 0.822. The third kappa shape index (κ3) is 4.02. The highest BCUT2D eigenvalue weighted by molar-refractivity contribution is 7.09. The van der Waals surface area contributed by atoms with Crippen LogP contribution in [0, 0.1) is 6.92 Å². The predicted molar refractivity (Wildman–Crippen MR) is 102 cm³/mol. The van der Waals surface area contributed by atoms with Crippen LogP contribution in [0.1, 0.15) is 39.1 Å². The van der Waals surface area contributed by atoms with Crippen molar-refractivity contribution in [2.75, 3.05) is 6.54 Å². The molecule has 3 aromatic rings. The summed E-state index contributed by atoms with van der Waals surface area (Å²) < 4.78 is 6.63. The summed E-state index contributed by atoms with van der Waals surface area (Å²) in [6, 6.07) is 1.49. The molecule has 0 aromatic carbocycles. The Morgan fingerprint density at radius 3 is 3.04 bits per heavy atom. The van der Waals surface area contributed by atoms with Crippen LogP contribution in [0.4, 0.5) is 0 Å². The van der Waals surface area contributed by atoms with E-state index in [1.54, 1.807) is 29.0 Å². The normalized spacial score (nSPS) is 14.5. The predicted octanol–water partition coefficient (Wildman–Crippen LogP) is 1.33. The smallest absolute Gasteiger partial charge is 0.256 e. The Kier molecular flexibility index (Phi) is 5.31. The van der Waals surface area contributed by atoms with E-state index in [4.69, 9.17) is 4.52 Å². The molecule has 0 saturated heterocycles. The van der Waals surface area contributed by atoms with Gasteiger partial charge >= 0.3 is 0 Å². The molecule has 0 aliphatic carbocycles. The molecule has 9 nitrogen and oxygen atoms in total. The lowest BCUT2D eigenvalue weighted by molar-refractivity contribution is 0.0948. The standard InChI is InChI=1S/C18H20N6O3S/c1-12-14(9-21-27-12)18(26)20-8-13-7-17(25)24-5-2-4-23(10-15(24)22-13)11-16-19-3-6-28-16/h3,6-7,9H,2,4-5,8,10-11H2,1H3,(H,20,26). The molecule has 0 atom stereocenters. The second-order valence-electron chi connectivity index (χ2n) is 6.62. The molecule has 1 aliphatic heterocycles. The zero-order valence-electron chi connectivity index (χ0n) is 15.4. The molecule has 1 amide bonds. The van der Waals surface area contributed by atoms with E-state index in [2.05, 4.69) is 25.3 Å². The maximum atomic E-state index is 12.5. The van der Waals surface area contributed by atoms with E-state index in [9.17, 15) is 9.59 Å². The zero-order valence-corrected chi connectivity index (χ0v) is 16.2. The fourth-order valence-corrected chi connectivity index (χ4v) is 3.89. The number of hydrogen-bond acceptors (Lipinski definition) is 8. The number of carbonyl (C=O) groups is 1. The summed E-state index contributed by atoms with van der Waals surface area (Å²) in [5.74, 6) is 0.859. The number of rotatable bonds is 5. The number of nitrogens with zero attached hydrogens (tertiary/aromatic N) is 5. The van der Waals surface area contributed by atoms with E-state index in [1.165, 1.54) is 12.3 Å². The highest BCUT2D eigenvalue weighted by Gasteiger charge is 2.19. The van der Waals surface area contributed by atoms with Gasteiger partial charge in [-0.25, -0.2) is 9.97 Å². The van der Waals surface area contributed by atoms with Crippen molar-refractivity contribution < 1.29 is 9.32 Å². The molecule has 4 heterocycles. The number of fused-ring (bicyclic) bond motifs is 1. The molecule has 1 aliphatic rings. The van der Waals surface area contributed by atoms with Crippen molar-refractivity contribution in [3.05, 3.63) is 62.0 Å². The molecule has 28 heavy (non-hydrogen) atoms. The van der Waals surface area contributed by atoms with Gasteiger partial charge in [0.2, 0.25) is 0 Å².